The molecule has 2 aliphatic heterocycles. The fourth-order valence-electron chi connectivity index (χ4n) is 3.51. The Morgan fingerprint density at radius 2 is 1.88 bits per heavy atom. The minimum Gasteiger partial charge on any atom is -0.463 e. The lowest BCUT2D eigenvalue weighted by molar-refractivity contribution is -0.139. The summed E-state index contributed by atoms with van der Waals surface area (Å²) < 4.78 is 37.2. The molecule has 1 unspecified atom stereocenters. The van der Waals surface area contributed by atoms with Gasteiger partial charge in [0, 0.05) is 13.1 Å². The summed E-state index contributed by atoms with van der Waals surface area (Å²) in [4.78, 5) is 36.7. The number of benzene rings is 1. The highest BCUT2D eigenvalue weighted by molar-refractivity contribution is 7.89. The van der Waals surface area contributed by atoms with E-state index in [0.29, 0.717) is 13.1 Å². The Morgan fingerprint density at radius 3 is 2.53 bits per heavy atom. The summed E-state index contributed by atoms with van der Waals surface area (Å²) in [5, 5.41) is 4.99. The minimum absolute atomic E-state index is 0.0117. The van der Waals surface area contributed by atoms with E-state index in [2.05, 4.69) is 10.6 Å². The Kier molecular flexibility index (Phi) is 7.42. The first-order chi connectivity index (χ1) is 15.1. The first-order valence-electron chi connectivity index (χ1n) is 10.1. The molecule has 2 amide bonds. The van der Waals surface area contributed by atoms with Gasteiger partial charge in [-0.25, -0.2) is 22.8 Å². The highest BCUT2D eigenvalue weighted by Crippen LogP contribution is 2.26. The van der Waals surface area contributed by atoms with Gasteiger partial charge in [0.15, 0.2) is 0 Å². The number of carbonyl (C=O) groups is 3. The SMILES string of the molecule is CCOC(=O)C1=C(COC(=O)c2cc(S(=O)(=O)N3CCCC3)ccc2Cl)NC(=O)NC1C. The molecule has 2 aliphatic rings. The van der Waals surface area contributed by atoms with Gasteiger partial charge in [-0.15, -0.1) is 0 Å². The zero-order valence-corrected chi connectivity index (χ0v) is 19.2. The van der Waals surface area contributed by atoms with Gasteiger partial charge in [-0.2, -0.15) is 4.31 Å². The molecule has 0 radical (unpaired) electrons. The molecule has 1 aromatic carbocycles. The number of urea groups is 1. The van der Waals surface area contributed by atoms with Crippen molar-refractivity contribution in [2.45, 2.75) is 37.6 Å². The van der Waals surface area contributed by atoms with Crippen molar-refractivity contribution in [3.8, 4) is 0 Å². The first-order valence-corrected chi connectivity index (χ1v) is 11.9. The van der Waals surface area contributed by atoms with Crippen LogP contribution in [0.5, 0.6) is 0 Å². The summed E-state index contributed by atoms with van der Waals surface area (Å²) in [5.74, 6) is -1.56. The Labute approximate surface area is 190 Å². The molecule has 0 aliphatic carbocycles. The Bertz CT molecular complexity index is 1060. The van der Waals surface area contributed by atoms with E-state index >= 15 is 0 Å². The summed E-state index contributed by atoms with van der Waals surface area (Å²) >= 11 is 6.11. The average Bonchev–Trinajstić information content (AvgIpc) is 3.27. The third-order valence-electron chi connectivity index (χ3n) is 5.07. The number of amides is 2. The summed E-state index contributed by atoms with van der Waals surface area (Å²) in [6.07, 6.45) is 1.55. The highest BCUT2D eigenvalue weighted by Gasteiger charge is 2.31. The molecule has 1 aromatic rings. The van der Waals surface area contributed by atoms with Crippen molar-refractivity contribution in [3.05, 3.63) is 40.1 Å². The lowest BCUT2D eigenvalue weighted by Crippen LogP contribution is -2.50. The van der Waals surface area contributed by atoms with Crippen LogP contribution in [0.4, 0.5) is 4.79 Å². The van der Waals surface area contributed by atoms with Gasteiger partial charge in [0.05, 0.1) is 39.4 Å². The number of hydrogen-bond acceptors (Lipinski definition) is 7. The number of sulfonamides is 1. The molecule has 2 heterocycles. The standard InChI is InChI=1S/C20H24ClN3O7S/c1-3-30-19(26)17-12(2)22-20(27)23-16(17)11-31-18(25)14-10-13(6-7-15(14)21)32(28,29)24-8-4-5-9-24/h6-7,10,12H,3-5,8-9,11H2,1-2H3,(H2,22,23,27). The molecule has 0 saturated carbocycles. The number of rotatable bonds is 7. The molecule has 174 valence electrons. The molecule has 1 atom stereocenters. The number of ether oxygens (including phenoxy) is 2. The van der Waals surface area contributed by atoms with Crippen molar-refractivity contribution in [2.24, 2.45) is 0 Å². The third-order valence-corrected chi connectivity index (χ3v) is 7.30. The van der Waals surface area contributed by atoms with Crippen LogP contribution < -0.4 is 10.6 Å². The zero-order valence-electron chi connectivity index (χ0n) is 17.6. The average molecular weight is 486 g/mol. The first kappa shape index (κ1) is 24.0. The van der Waals surface area contributed by atoms with Crippen LogP contribution in [0.3, 0.4) is 0 Å². The number of nitrogens with zero attached hydrogens (tertiary/aromatic N) is 1. The van der Waals surface area contributed by atoms with Crippen LogP contribution in [0.15, 0.2) is 34.4 Å². The monoisotopic (exact) mass is 485 g/mol. The largest absolute Gasteiger partial charge is 0.463 e. The van der Waals surface area contributed by atoms with E-state index < -0.39 is 40.6 Å². The van der Waals surface area contributed by atoms with Gasteiger partial charge in [0.25, 0.3) is 0 Å². The van der Waals surface area contributed by atoms with Crippen LogP contribution in [-0.2, 0) is 24.3 Å². The number of carbonyl (C=O) groups excluding carboxylic acids is 3. The summed E-state index contributed by atoms with van der Waals surface area (Å²) in [6, 6.07) is 2.60. The summed E-state index contributed by atoms with van der Waals surface area (Å²) in [6.45, 7) is 3.76. The smallest absolute Gasteiger partial charge is 0.340 e. The number of nitrogens with one attached hydrogen (secondary N) is 2. The van der Waals surface area contributed by atoms with Crippen molar-refractivity contribution in [1.82, 2.24) is 14.9 Å². The fourth-order valence-corrected chi connectivity index (χ4v) is 5.25. The van der Waals surface area contributed by atoms with Crippen LogP contribution in [0.25, 0.3) is 0 Å². The molecule has 1 fully saturated rings. The molecule has 3 rings (SSSR count). The molecule has 2 N–H and O–H groups in total. The van der Waals surface area contributed by atoms with Gasteiger partial charge >= 0.3 is 18.0 Å². The molecule has 1 saturated heterocycles. The van der Waals surface area contributed by atoms with Crippen LogP contribution in [-0.4, -0.2) is 63.0 Å². The van der Waals surface area contributed by atoms with Crippen molar-refractivity contribution < 1.29 is 32.3 Å². The topological polar surface area (TPSA) is 131 Å². The normalized spacial score (nSPS) is 19.3. The van der Waals surface area contributed by atoms with E-state index in [4.69, 9.17) is 21.1 Å². The van der Waals surface area contributed by atoms with Crippen LogP contribution in [0.1, 0.15) is 37.0 Å². The molecule has 12 heteroatoms. The molecule has 0 aromatic heterocycles. The zero-order chi connectivity index (χ0) is 23.5. The van der Waals surface area contributed by atoms with Crippen LogP contribution >= 0.6 is 11.6 Å². The third kappa shape index (κ3) is 5.05. The van der Waals surface area contributed by atoms with E-state index in [-0.39, 0.29) is 33.4 Å². The second kappa shape index (κ2) is 9.88. The van der Waals surface area contributed by atoms with Crippen molar-refractivity contribution >= 4 is 39.6 Å². The van der Waals surface area contributed by atoms with Crippen LogP contribution in [0.2, 0.25) is 5.02 Å². The van der Waals surface area contributed by atoms with Gasteiger partial charge in [-0.05, 0) is 44.9 Å². The van der Waals surface area contributed by atoms with Gasteiger partial charge in [0.1, 0.15) is 6.61 Å². The van der Waals surface area contributed by atoms with Crippen molar-refractivity contribution in [2.75, 3.05) is 26.3 Å². The van der Waals surface area contributed by atoms with E-state index in [1.165, 1.54) is 22.5 Å². The Balaban J connectivity index is 1.83. The highest BCUT2D eigenvalue weighted by atomic mass is 35.5. The number of esters is 2. The summed E-state index contributed by atoms with van der Waals surface area (Å²) in [7, 11) is -3.76. The van der Waals surface area contributed by atoms with Gasteiger partial charge in [-0.3, -0.25) is 0 Å². The van der Waals surface area contributed by atoms with Gasteiger partial charge in [-0.1, -0.05) is 11.6 Å². The maximum absolute atomic E-state index is 12.8. The van der Waals surface area contributed by atoms with E-state index in [1.807, 2.05) is 0 Å². The van der Waals surface area contributed by atoms with Gasteiger partial charge in [0.2, 0.25) is 10.0 Å². The van der Waals surface area contributed by atoms with E-state index in [0.717, 1.165) is 12.8 Å². The number of halogens is 1. The minimum atomic E-state index is -3.76. The molecule has 32 heavy (non-hydrogen) atoms. The quantitative estimate of drug-likeness (QED) is 0.563. The predicted molar refractivity (Wildman–Crippen MR) is 115 cm³/mol. The number of hydrogen-bond donors (Lipinski definition) is 2. The second-order valence-corrected chi connectivity index (χ2v) is 9.61. The molecule has 0 bridgehead atoms. The Morgan fingerprint density at radius 1 is 1.19 bits per heavy atom. The van der Waals surface area contributed by atoms with E-state index in [1.54, 1.807) is 13.8 Å². The summed E-state index contributed by atoms with van der Waals surface area (Å²) in [5.41, 5.74) is 0.0549. The van der Waals surface area contributed by atoms with Gasteiger partial charge < -0.3 is 20.1 Å². The maximum Gasteiger partial charge on any atom is 0.340 e. The molecular weight excluding hydrogens is 462 g/mol. The van der Waals surface area contributed by atoms with Crippen LogP contribution in [0, 0.1) is 0 Å². The fraction of sp³-hybridized carbons (Fsp3) is 0.450. The molecule has 0 spiro atoms. The van der Waals surface area contributed by atoms with Crippen molar-refractivity contribution in [1.29, 1.82) is 0 Å². The lowest BCUT2D eigenvalue weighted by Gasteiger charge is -2.26. The second-order valence-electron chi connectivity index (χ2n) is 7.26. The maximum atomic E-state index is 12.8. The molecular formula is C20H24ClN3O7S. The van der Waals surface area contributed by atoms with E-state index in [9.17, 15) is 22.8 Å². The predicted octanol–water partition coefficient (Wildman–Crippen LogP) is 1.80. The van der Waals surface area contributed by atoms with Crippen molar-refractivity contribution in [3.63, 3.8) is 0 Å². The lowest BCUT2D eigenvalue weighted by atomic mass is 10.0. The molecule has 10 nitrogen and oxygen atoms in total. The Hall–Kier alpha value is -2.63.